The van der Waals surface area contributed by atoms with Gasteiger partial charge in [-0.3, -0.25) is 9.20 Å². The lowest BCUT2D eigenvalue weighted by molar-refractivity contribution is 0.618. The largest absolute Gasteiger partial charge is 0.382 e. The molecule has 0 aliphatic heterocycles. The van der Waals surface area contributed by atoms with E-state index >= 15 is 0 Å². The molecule has 0 spiro atoms. The number of nitrogens with two attached hydrogens (primary N) is 2. The minimum Gasteiger partial charge on any atom is -0.382 e. The summed E-state index contributed by atoms with van der Waals surface area (Å²) < 4.78 is 15.0. The van der Waals surface area contributed by atoms with Crippen LogP contribution in [0.3, 0.4) is 0 Å². The van der Waals surface area contributed by atoms with Gasteiger partial charge in [0.2, 0.25) is 5.95 Å². The molecule has 0 aliphatic rings. The molecule has 0 saturated heterocycles. The van der Waals surface area contributed by atoms with Crippen molar-refractivity contribution in [3.8, 4) is 17.2 Å². The van der Waals surface area contributed by atoms with E-state index in [0.29, 0.717) is 24.0 Å². The second-order valence-electron chi connectivity index (χ2n) is 6.84. The number of anilines is 3. The zero-order valence-electron chi connectivity index (χ0n) is 16.3. The van der Waals surface area contributed by atoms with Gasteiger partial charge in [0.05, 0.1) is 5.56 Å². The standard InChI is InChI=1S/C22H18FN7O/c23-15-6-7-16-10-14(8-9-27-20-17(11-24)19(25)28-22(26)29-20)18(21(31)30(16)12-15)13-4-2-1-3-5-13/h1-7,10,12H,8-9H2,(H5,25,26,27,28,29). The average molecular weight is 415 g/mol. The topological polar surface area (TPSA) is 135 Å². The van der Waals surface area contributed by atoms with Crippen LogP contribution >= 0.6 is 0 Å². The highest BCUT2D eigenvalue weighted by Crippen LogP contribution is 2.23. The normalized spacial score (nSPS) is 10.7. The minimum atomic E-state index is -0.494. The van der Waals surface area contributed by atoms with E-state index in [2.05, 4.69) is 15.3 Å². The third-order valence-corrected chi connectivity index (χ3v) is 4.84. The molecule has 154 valence electrons. The van der Waals surface area contributed by atoms with Crippen molar-refractivity contribution < 1.29 is 4.39 Å². The van der Waals surface area contributed by atoms with E-state index in [1.165, 1.54) is 16.7 Å². The van der Waals surface area contributed by atoms with Gasteiger partial charge in [0.1, 0.15) is 23.3 Å². The zero-order valence-corrected chi connectivity index (χ0v) is 16.3. The van der Waals surface area contributed by atoms with Gasteiger partial charge in [-0.05, 0) is 35.7 Å². The van der Waals surface area contributed by atoms with Crippen molar-refractivity contribution in [2.75, 3.05) is 23.3 Å². The minimum absolute atomic E-state index is 0.00606. The van der Waals surface area contributed by atoms with E-state index < -0.39 is 5.82 Å². The molecular formula is C22H18FN7O. The van der Waals surface area contributed by atoms with Crippen LogP contribution in [0.4, 0.5) is 22.0 Å². The number of nitrogens with zero attached hydrogens (tertiary/aromatic N) is 4. The molecule has 9 heteroatoms. The van der Waals surface area contributed by atoms with E-state index in [4.69, 9.17) is 11.5 Å². The highest BCUT2D eigenvalue weighted by Gasteiger charge is 2.15. The van der Waals surface area contributed by atoms with Gasteiger partial charge >= 0.3 is 0 Å². The maximum atomic E-state index is 13.7. The van der Waals surface area contributed by atoms with Crippen LogP contribution in [0.5, 0.6) is 0 Å². The third kappa shape index (κ3) is 3.86. The van der Waals surface area contributed by atoms with Gasteiger partial charge in [-0.1, -0.05) is 30.3 Å². The Labute approximate surface area is 176 Å². The molecule has 8 nitrogen and oxygen atoms in total. The van der Waals surface area contributed by atoms with Crippen LogP contribution in [0.1, 0.15) is 11.1 Å². The van der Waals surface area contributed by atoms with Gasteiger partial charge in [0.15, 0.2) is 5.82 Å². The lowest BCUT2D eigenvalue weighted by Gasteiger charge is -2.14. The number of halogens is 1. The number of hydrogen-bond acceptors (Lipinski definition) is 7. The highest BCUT2D eigenvalue weighted by atomic mass is 19.1. The molecule has 0 atom stereocenters. The molecule has 4 aromatic rings. The molecule has 4 rings (SSSR count). The Balaban J connectivity index is 1.73. The molecule has 31 heavy (non-hydrogen) atoms. The van der Waals surface area contributed by atoms with Crippen LogP contribution in [-0.4, -0.2) is 20.9 Å². The molecule has 0 bridgehead atoms. The summed E-state index contributed by atoms with van der Waals surface area (Å²) in [6, 6.07) is 15.9. The van der Waals surface area contributed by atoms with Gasteiger partial charge in [-0.2, -0.15) is 15.2 Å². The molecule has 0 radical (unpaired) electrons. The fourth-order valence-corrected chi connectivity index (χ4v) is 3.45. The van der Waals surface area contributed by atoms with Crippen LogP contribution in [-0.2, 0) is 6.42 Å². The highest BCUT2D eigenvalue weighted by molar-refractivity contribution is 5.70. The van der Waals surface area contributed by atoms with Crippen molar-refractivity contribution in [2.45, 2.75) is 6.42 Å². The van der Waals surface area contributed by atoms with Gasteiger partial charge in [0, 0.05) is 18.3 Å². The Kier molecular flexibility index (Phi) is 5.20. The molecule has 0 unspecified atom stereocenters. The van der Waals surface area contributed by atoms with Gasteiger partial charge in [-0.15, -0.1) is 0 Å². The number of pyridine rings is 2. The number of nitrogens with one attached hydrogen (secondary N) is 1. The van der Waals surface area contributed by atoms with Crippen LogP contribution in [0.15, 0.2) is 59.5 Å². The zero-order chi connectivity index (χ0) is 22.0. The summed E-state index contributed by atoms with van der Waals surface area (Å²) >= 11 is 0. The molecule has 3 aromatic heterocycles. The number of nitrogen functional groups attached to an aromatic ring is 2. The maximum Gasteiger partial charge on any atom is 0.263 e. The first-order valence-electron chi connectivity index (χ1n) is 9.44. The second kappa shape index (κ2) is 8.12. The Bertz CT molecular complexity index is 1380. The van der Waals surface area contributed by atoms with E-state index in [0.717, 1.165) is 11.1 Å². The SMILES string of the molecule is N#Cc1c(N)nc(N)nc1NCCc1cc2ccc(F)cn2c(=O)c1-c1ccccc1. The molecule has 0 fully saturated rings. The predicted octanol–water partition coefficient (Wildman–Crippen LogP) is 2.59. The number of nitriles is 1. The summed E-state index contributed by atoms with van der Waals surface area (Å²) in [5, 5.41) is 12.4. The van der Waals surface area contributed by atoms with Crippen molar-refractivity contribution >= 4 is 23.1 Å². The summed E-state index contributed by atoms with van der Waals surface area (Å²) in [5.74, 6) is -0.317. The maximum absolute atomic E-state index is 13.7. The third-order valence-electron chi connectivity index (χ3n) is 4.84. The Hall–Kier alpha value is -4.45. The number of benzene rings is 1. The van der Waals surface area contributed by atoms with Crippen molar-refractivity contribution in [1.29, 1.82) is 5.26 Å². The Morgan fingerprint density at radius 1 is 1.13 bits per heavy atom. The molecule has 5 N–H and O–H groups in total. The summed E-state index contributed by atoms with van der Waals surface area (Å²) in [6.45, 7) is 0.348. The van der Waals surface area contributed by atoms with Crippen molar-refractivity contribution in [2.24, 2.45) is 0 Å². The fourth-order valence-electron chi connectivity index (χ4n) is 3.45. The van der Waals surface area contributed by atoms with E-state index in [1.54, 1.807) is 6.07 Å². The van der Waals surface area contributed by atoms with Crippen LogP contribution in [0.25, 0.3) is 16.6 Å². The lowest BCUT2D eigenvalue weighted by atomic mass is 9.98. The smallest absolute Gasteiger partial charge is 0.263 e. The molecule has 3 heterocycles. The summed E-state index contributed by atoms with van der Waals surface area (Å²) in [4.78, 5) is 21.0. The Morgan fingerprint density at radius 3 is 2.65 bits per heavy atom. The average Bonchev–Trinajstić information content (AvgIpc) is 2.75. The van der Waals surface area contributed by atoms with Crippen molar-refractivity contribution in [3.05, 3.63) is 82.0 Å². The fraction of sp³-hybridized carbons (Fsp3) is 0.0909. The van der Waals surface area contributed by atoms with Crippen molar-refractivity contribution in [1.82, 2.24) is 14.4 Å². The van der Waals surface area contributed by atoms with Gasteiger partial charge in [-0.25, -0.2) is 4.39 Å². The van der Waals surface area contributed by atoms with Crippen molar-refractivity contribution in [3.63, 3.8) is 0 Å². The predicted molar refractivity (Wildman–Crippen MR) is 117 cm³/mol. The van der Waals surface area contributed by atoms with Crippen LogP contribution < -0.4 is 22.3 Å². The lowest BCUT2D eigenvalue weighted by Crippen LogP contribution is -2.20. The second-order valence-corrected chi connectivity index (χ2v) is 6.84. The summed E-state index contributed by atoms with van der Waals surface area (Å²) in [5.41, 5.74) is 13.7. The van der Waals surface area contributed by atoms with E-state index in [-0.39, 0.29) is 28.7 Å². The molecule has 0 amide bonds. The number of rotatable bonds is 5. The number of aromatic nitrogens is 3. The van der Waals surface area contributed by atoms with Gasteiger partial charge in [0.25, 0.3) is 5.56 Å². The number of hydrogen-bond donors (Lipinski definition) is 3. The monoisotopic (exact) mass is 415 g/mol. The molecular weight excluding hydrogens is 397 g/mol. The van der Waals surface area contributed by atoms with E-state index in [1.807, 2.05) is 42.5 Å². The Morgan fingerprint density at radius 2 is 1.90 bits per heavy atom. The summed E-state index contributed by atoms with van der Waals surface area (Å²) in [6.07, 6.45) is 1.61. The first-order chi connectivity index (χ1) is 15.0. The number of fused-ring (bicyclic) bond motifs is 1. The van der Waals surface area contributed by atoms with E-state index in [9.17, 15) is 14.4 Å². The molecule has 0 saturated carbocycles. The molecule has 0 aliphatic carbocycles. The van der Waals surface area contributed by atoms with Gasteiger partial charge < -0.3 is 16.8 Å². The quantitative estimate of drug-likeness (QED) is 0.456. The summed E-state index contributed by atoms with van der Waals surface area (Å²) in [7, 11) is 0. The van der Waals surface area contributed by atoms with Crippen LogP contribution in [0, 0.1) is 17.1 Å². The van der Waals surface area contributed by atoms with Crippen LogP contribution in [0.2, 0.25) is 0 Å². The molecule has 1 aromatic carbocycles. The first-order valence-corrected chi connectivity index (χ1v) is 9.44. The first kappa shape index (κ1) is 19.8.